The fourth-order valence-corrected chi connectivity index (χ4v) is 0.921. The van der Waals surface area contributed by atoms with Crippen LogP contribution in [0.3, 0.4) is 0 Å². The van der Waals surface area contributed by atoms with Crippen molar-refractivity contribution in [3.8, 4) is 0 Å². The Morgan fingerprint density at radius 3 is 2.30 bits per heavy atom. The molecule has 2 N–H and O–H groups in total. The molecule has 0 aromatic heterocycles. The van der Waals surface area contributed by atoms with E-state index in [2.05, 4.69) is 5.32 Å². The Bertz CT molecular complexity index is 197. The lowest BCUT2D eigenvalue weighted by atomic mass is 9.76. The highest BCUT2D eigenvalue weighted by molar-refractivity contribution is 5.99. The van der Waals surface area contributed by atoms with E-state index in [4.69, 9.17) is 5.11 Å². The van der Waals surface area contributed by atoms with Crippen LogP contribution in [0.15, 0.2) is 0 Å². The maximum Gasteiger partial charge on any atom is 0.327 e. The van der Waals surface area contributed by atoms with E-state index in [1.807, 2.05) is 0 Å². The molecular weight excluding hydrogens is 134 g/mol. The van der Waals surface area contributed by atoms with Crippen LogP contribution in [0.4, 0.5) is 0 Å². The van der Waals surface area contributed by atoms with Crippen molar-refractivity contribution in [3.63, 3.8) is 0 Å². The third kappa shape index (κ3) is 0.683. The van der Waals surface area contributed by atoms with Crippen molar-refractivity contribution in [3.05, 3.63) is 0 Å². The molecule has 0 bridgehead atoms. The topological polar surface area (TPSA) is 66.4 Å². The molecule has 10 heavy (non-hydrogen) atoms. The number of hydrogen-bond acceptors (Lipinski definition) is 2. The summed E-state index contributed by atoms with van der Waals surface area (Å²) in [6.07, 6.45) is 0. The van der Waals surface area contributed by atoms with E-state index in [-0.39, 0.29) is 5.91 Å². The molecule has 1 heterocycles. The molecule has 1 amide bonds. The first kappa shape index (κ1) is 7.05. The van der Waals surface area contributed by atoms with Gasteiger partial charge in [-0.25, -0.2) is 4.79 Å². The Kier molecular flexibility index (Phi) is 1.21. The Morgan fingerprint density at radius 2 is 2.20 bits per heavy atom. The van der Waals surface area contributed by atoms with Crippen LogP contribution in [0.25, 0.3) is 0 Å². The fraction of sp³-hybridized carbons (Fsp3) is 0.667. The summed E-state index contributed by atoms with van der Waals surface area (Å²) in [6, 6.07) is -0.708. The summed E-state index contributed by atoms with van der Waals surface area (Å²) in [7, 11) is 0. The van der Waals surface area contributed by atoms with Gasteiger partial charge in [0, 0.05) is 0 Å². The number of hydrogen-bond donors (Lipinski definition) is 2. The van der Waals surface area contributed by atoms with E-state index in [0.717, 1.165) is 0 Å². The zero-order valence-corrected chi connectivity index (χ0v) is 5.84. The van der Waals surface area contributed by atoms with Gasteiger partial charge >= 0.3 is 5.97 Å². The van der Waals surface area contributed by atoms with Gasteiger partial charge in [-0.05, 0) is 13.8 Å². The molecule has 1 aliphatic rings. The highest BCUT2D eigenvalue weighted by atomic mass is 16.4. The highest BCUT2D eigenvalue weighted by Crippen LogP contribution is 2.29. The Labute approximate surface area is 58.2 Å². The molecule has 0 saturated carbocycles. The number of carbonyl (C=O) groups excluding carboxylic acids is 1. The summed E-state index contributed by atoms with van der Waals surface area (Å²) in [6.45, 7) is 3.23. The lowest BCUT2D eigenvalue weighted by Crippen LogP contribution is -2.67. The van der Waals surface area contributed by atoms with Crippen molar-refractivity contribution in [2.75, 3.05) is 0 Å². The number of aliphatic carboxylic acids is 1. The minimum absolute atomic E-state index is 0.195. The van der Waals surface area contributed by atoms with Gasteiger partial charge in [-0.2, -0.15) is 0 Å². The van der Waals surface area contributed by atoms with Gasteiger partial charge in [0.05, 0.1) is 5.41 Å². The summed E-state index contributed by atoms with van der Waals surface area (Å²) in [5, 5.41) is 10.8. The first-order valence-electron chi connectivity index (χ1n) is 3.00. The monoisotopic (exact) mass is 143 g/mol. The van der Waals surface area contributed by atoms with Crippen LogP contribution < -0.4 is 5.32 Å². The second-order valence-electron chi connectivity index (χ2n) is 2.97. The minimum Gasteiger partial charge on any atom is -0.480 e. The largest absolute Gasteiger partial charge is 0.480 e. The van der Waals surface area contributed by atoms with Gasteiger partial charge in [0.1, 0.15) is 6.04 Å². The Balaban J connectivity index is 2.72. The minimum atomic E-state index is -0.968. The number of nitrogens with one attached hydrogen (secondary N) is 1. The number of β-lactam (4-membered cyclic amide) rings is 1. The SMILES string of the molecule is CC1(C)C(=O)NC1C(=O)O. The second kappa shape index (κ2) is 1.71. The average Bonchev–Trinajstić information content (AvgIpc) is 1.82. The second-order valence-corrected chi connectivity index (χ2v) is 2.97. The third-order valence-corrected chi connectivity index (χ3v) is 1.83. The number of carbonyl (C=O) groups is 2. The molecule has 1 fully saturated rings. The number of carboxylic acid groups (broad SMARTS) is 1. The first-order valence-corrected chi connectivity index (χ1v) is 3.00. The van der Waals surface area contributed by atoms with Crippen molar-refractivity contribution >= 4 is 11.9 Å². The predicted octanol–water partition coefficient (Wildman–Crippen LogP) is -0.404. The van der Waals surface area contributed by atoms with E-state index in [9.17, 15) is 9.59 Å². The van der Waals surface area contributed by atoms with Crippen LogP contribution in [0.5, 0.6) is 0 Å². The Morgan fingerprint density at radius 1 is 1.70 bits per heavy atom. The molecule has 1 aliphatic heterocycles. The number of carboxylic acids is 1. The lowest BCUT2D eigenvalue weighted by molar-refractivity contribution is -0.159. The van der Waals surface area contributed by atoms with Crippen molar-refractivity contribution < 1.29 is 14.7 Å². The molecular formula is C6H9NO3. The molecule has 1 atom stereocenters. The molecule has 0 aromatic rings. The molecule has 4 heteroatoms. The third-order valence-electron chi connectivity index (χ3n) is 1.83. The van der Waals surface area contributed by atoms with Gasteiger partial charge in [-0.1, -0.05) is 0 Å². The van der Waals surface area contributed by atoms with E-state index in [1.54, 1.807) is 13.8 Å². The zero-order valence-electron chi connectivity index (χ0n) is 5.84. The normalized spacial score (nSPS) is 28.6. The maximum atomic E-state index is 10.7. The maximum absolute atomic E-state index is 10.7. The first-order chi connectivity index (χ1) is 4.46. The summed E-state index contributed by atoms with van der Waals surface area (Å²) in [5.41, 5.74) is -0.730. The van der Waals surface area contributed by atoms with Crippen LogP contribution >= 0.6 is 0 Å². The van der Waals surface area contributed by atoms with Gasteiger partial charge < -0.3 is 10.4 Å². The number of rotatable bonds is 1. The molecule has 1 rings (SSSR count). The zero-order chi connectivity index (χ0) is 7.94. The predicted molar refractivity (Wildman–Crippen MR) is 33.3 cm³/mol. The van der Waals surface area contributed by atoms with Crippen molar-refractivity contribution in [2.24, 2.45) is 5.41 Å². The lowest BCUT2D eigenvalue weighted by Gasteiger charge is -2.40. The van der Waals surface area contributed by atoms with E-state index >= 15 is 0 Å². The Hall–Kier alpha value is -1.06. The number of amides is 1. The van der Waals surface area contributed by atoms with Gasteiger partial charge in [0.15, 0.2) is 0 Å². The molecule has 1 saturated heterocycles. The van der Waals surface area contributed by atoms with Crippen molar-refractivity contribution in [1.82, 2.24) is 5.32 Å². The van der Waals surface area contributed by atoms with Crippen LogP contribution in [0.2, 0.25) is 0 Å². The molecule has 4 nitrogen and oxygen atoms in total. The summed E-state index contributed by atoms with van der Waals surface area (Å²) in [4.78, 5) is 21.0. The van der Waals surface area contributed by atoms with Crippen molar-refractivity contribution in [1.29, 1.82) is 0 Å². The standard InChI is InChI=1S/C6H9NO3/c1-6(2)3(4(8)9)7-5(6)10/h3H,1-2H3,(H,7,10)(H,8,9). The summed E-state index contributed by atoms with van der Waals surface area (Å²) < 4.78 is 0. The molecule has 0 aliphatic carbocycles. The van der Waals surface area contributed by atoms with Gasteiger partial charge in [0.2, 0.25) is 5.91 Å². The van der Waals surface area contributed by atoms with E-state index in [0.29, 0.717) is 0 Å². The van der Waals surface area contributed by atoms with Crippen molar-refractivity contribution in [2.45, 2.75) is 19.9 Å². The molecule has 56 valence electrons. The average molecular weight is 143 g/mol. The van der Waals surface area contributed by atoms with E-state index in [1.165, 1.54) is 0 Å². The summed E-state index contributed by atoms with van der Waals surface area (Å²) >= 11 is 0. The summed E-state index contributed by atoms with van der Waals surface area (Å²) in [5.74, 6) is -1.16. The van der Waals surface area contributed by atoms with Gasteiger partial charge in [0.25, 0.3) is 0 Å². The van der Waals surface area contributed by atoms with Gasteiger partial charge in [-0.3, -0.25) is 4.79 Å². The molecule has 0 radical (unpaired) electrons. The van der Waals surface area contributed by atoms with Gasteiger partial charge in [-0.15, -0.1) is 0 Å². The molecule has 1 unspecified atom stereocenters. The van der Waals surface area contributed by atoms with Crippen LogP contribution in [0.1, 0.15) is 13.8 Å². The smallest absolute Gasteiger partial charge is 0.327 e. The van der Waals surface area contributed by atoms with Crippen LogP contribution in [-0.4, -0.2) is 23.0 Å². The molecule has 0 aromatic carbocycles. The van der Waals surface area contributed by atoms with Crippen LogP contribution in [0, 0.1) is 5.41 Å². The fourth-order valence-electron chi connectivity index (χ4n) is 0.921. The van der Waals surface area contributed by atoms with Crippen LogP contribution in [-0.2, 0) is 9.59 Å². The quantitative estimate of drug-likeness (QED) is 0.490. The van der Waals surface area contributed by atoms with E-state index < -0.39 is 17.4 Å². The highest BCUT2D eigenvalue weighted by Gasteiger charge is 2.51. The molecule has 0 spiro atoms.